The summed E-state index contributed by atoms with van der Waals surface area (Å²) in [5.41, 5.74) is 1.21. The van der Waals surface area contributed by atoms with Gasteiger partial charge in [-0.3, -0.25) is 4.89 Å². The maximum atomic E-state index is 11.8. The number of hydrogen-bond acceptors (Lipinski definition) is 5. The number of aryl methyl sites for hydroxylation is 1. The van der Waals surface area contributed by atoms with Crippen molar-refractivity contribution in [2.75, 3.05) is 26.9 Å². The number of carbonyl (C=O) groups excluding carboxylic acids is 1. The Balaban J connectivity index is 2.82. The minimum Gasteiger partial charge on any atom is -0.490 e. The van der Waals surface area contributed by atoms with E-state index in [9.17, 15) is 4.79 Å². The molecule has 0 radical (unpaired) electrons. The van der Waals surface area contributed by atoms with Crippen molar-refractivity contribution >= 4 is 5.97 Å². The molecule has 0 aliphatic heterocycles. The molecule has 0 aliphatic carbocycles. The number of para-hydroxylation sites is 1. The highest BCUT2D eigenvalue weighted by atomic mass is 17.2. The van der Waals surface area contributed by atoms with Gasteiger partial charge >= 0.3 is 5.97 Å². The van der Waals surface area contributed by atoms with E-state index in [1.54, 1.807) is 26.2 Å². The molecular formula is C13H18O5. The Labute approximate surface area is 107 Å². The van der Waals surface area contributed by atoms with E-state index < -0.39 is 5.97 Å². The van der Waals surface area contributed by atoms with Gasteiger partial charge in [-0.15, -0.1) is 0 Å². The van der Waals surface area contributed by atoms with Crippen molar-refractivity contribution in [2.24, 2.45) is 0 Å². The summed E-state index contributed by atoms with van der Waals surface area (Å²) in [6.45, 7) is 4.72. The van der Waals surface area contributed by atoms with Gasteiger partial charge in [-0.2, -0.15) is 4.89 Å². The summed E-state index contributed by atoms with van der Waals surface area (Å²) >= 11 is 0. The highest BCUT2D eigenvalue weighted by Gasteiger charge is 2.16. The summed E-state index contributed by atoms with van der Waals surface area (Å²) in [5, 5.41) is 0. The molecule has 5 heteroatoms. The van der Waals surface area contributed by atoms with Gasteiger partial charge < -0.3 is 9.47 Å². The van der Waals surface area contributed by atoms with Crippen LogP contribution in [-0.2, 0) is 14.5 Å². The van der Waals surface area contributed by atoms with Gasteiger partial charge in [0.2, 0.25) is 0 Å². The standard InChI is InChI=1S/C13H18O5/c1-4-17-18-13(14)11-7-5-6-10(2)12(11)16-9-8-15-3/h5-7H,4,8-9H2,1-3H3. The summed E-state index contributed by atoms with van der Waals surface area (Å²) < 4.78 is 10.4. The SMILES string of the molecule is CCOOC(=O)c1cccc(C)c1OCCOC. The zero-order valence-corrected chi connectivity index (χ0v) is 10.9. The fraction of sp³-hybridized carbons (Fsp3) is 0.462. The van der Waals surface area contributed by atoms with Crippen molar-refractivity contribution in [3.63, 3.8) is 0 Å². The predicted molar refractivity (Wildman–Crippen MR) is 65.6 cm³/mol. The van der Waals surface area contributed by atoms with E-state index in [0.29, 0.717) is 31.1 Å². The molecule has 5 nitrogen and oxygen atoms in total. The summed E-state index contributed by atoms with van der Waals surface area (Å²) in [6, 6.07) is 5.26. The lowest BCUT2D eigenvalue weighted by Crippen LogP contribution is -2.12. The topological polar surface area (TPSA) is 54.0 Å². The van der Waals surface area contributed by atoms with Crippen LogP contribution < -0.4 is 4.74 Å². The van der Waals surface area contributed by atoms with Gasteiger partial charge in [0, 0.05) is 7.11 Å². The minimum absolute atomic E-state index is 0.303. The van der Waals surface area contributed by atoms with Gasteiger partial charge in [-0.25, -0.2) is 4.79 Å². The second kappa shape index (κ2) is 7.68. The van der Waals surface area contributed by atoms with Gasteiger partial charge in [0.1, 0.15) is 17.9 Å². The lowest BCUT2D eigenvalue weighted by Gasteiger charge is -2.12. The Bertz CT molecular complexity index is 389. The average Bonchev–Trinajstić information content (AvgIpc) is 2.38. The molecule has 0 fully saturated rings. The first kappa shape index (κ1) is 14.5. The third kappa shape index (κ3) is 4.01. The molecule has 1 aromatic carbocycles. The third-order valence-electron chi connectivity index (χ3n) is 2.22. The quantitative estimate of drug-likeness (QED) is 0.424. The van der Waals surface area contributed by atoms with E-state index >= 15 is 0 Å². The van der Waals surface area contributed by atoms with Gasteiger partial charge in [-0.05, 0) is 25.5 Å². The van der Waals surface area contributed by atoms with Crippen LogP contribution in [0, 0.1) is 6.92 Å². The van der Waals surface area contributed by atoms with E-state index in [1.165, 1.54) is 0 Å². The summed E-state index contributed by atoms with van der Waals surface area (Å²) in [4.78, 5) is 21.0. The summed E-state index contributed by atoms with van der Waals surface area (Å²) in [6.07, 6.45) is 0. The molecule has 0 aliphatic rings. The zero-order chi connectivity index (χ0) is 13.4. The molecule has 0 aromatic heterocycles. The van der Waals surface area contributed by atoms with Crippen molar-refractivity contribution in [1.82, 2.24) is 0 Å². The van der Waals surface area contributed by atoms with E-state index in [0.717, 1.165) is 5.56 Å². The lowest BCUT2D eigenvalue weighted by atomic mass is 10.1. The monoisotopic (exact) mass is 254 g/mol. The largest absolute Gasteiger partial charge is 0.490 e. The molecule has 0 saturated carbocycles. The van der Waals surface area contributed by atoms with Crippen LogP contribution >= 0.6 is 0 Å². The number of ether oxygens (including phenoxy) is 2. The second-order valence-corrected chi connectivity index (χ2v) is 3.57. The average molecular weight is 254 g/mol. The summed E-state index contributed by atoms with van der Waals surface area (Å²) in [7, 11) is 1.59. The lowest BCUT2D eigenvalue weighted by molar-refractivity contribution is -0.237. The van der Waals surface area contributed by atoms with Crippen molar-refractivity contribution in [3.8, 4) is 5.75 Å². The van der Waals surface area contributed by atoms with Crippen LogP contribution in [0.1, 0.15) is 22.8 Å². The summed E-state index contributed by atoms with van der Waals surface area (Å²) in [5.74, 6) is -0.0628. The number of rotatable bonds is 7. The first-order valence-electron chi connectivity index (χ1n) is 5.75. The maximum absolute atomic E-state index is 11.8. The smallest absolute Gasteiger partial charge is 0.376 e. The van der Waals surface area contributed by atoms with E-state index in [2.05, 4.69) is 9.78 Å². The van der Waals surface area contributed by atoms with Crippen molar-refractivity contribution in [1.29, 1.82) is 0 Å². The van der Waals surface area contributed by atoms with Crippen molar-refractivity contribution in [2.45, 2.75) is 13.8 Å². The number of benzene rings is 1. The molecule has 0 heterocycles. The Morgan fingerprint density at radius 3 is 2.72 bits per heavy atom. The van der Waals surface area contributed by atoms with Gasteiger partial charge in [0.25, 0.3) is 0 Å². The normalized spacial score (nSPS) is 10.2. The second-order valence-electron chi connectivity index (χ2n) is 3.57. The molecule has 0 bridgehead atoms. The van der Waals surface area contributed by atoms with Gasteiger partial charge in [-0.1, -0.05) is 12.1 Å². The first-order chi connectivity index (χ1) is 8.70. The fourth-order valence-electron chi connectivity index (χ4n) is 1.39. The van der Waals surface area contributed by atoms with Crippen LogP contribution in [0.2, 0.25) is 0 Å². The molecule has 18 heavy (non-hydrogen) atoms. The highest BCUT2D eigenvalue weighted by Crippen LogP contribution is 2.24. The molecule has 1 rings (SSSR count). The number of carbonyl (C=O) groups is 1. The van der Waals surface area contributed by atoms with Gasteiger partial charge in [0.05, 0.1) is 13.2 Å². The molecule has 0 amide bonds. The van der Waals surface area contributed by atoms with E-state index in [4.69, 9.17) is 9.47 Å². The van der Waals surface area contributed by atoms with Gasteiger partial charge in [0.15, 0.2) is 0 Å². The highest BCUT2D eigenvalue weighted by molar-refractivity contribution is 5.92. The molecule has 0 atom stereocenters. The van der Waals surface area contributed by atoms with Crippen molar-refractivity contribution < 1.29 is 24.0 Å². The molecular weight excluding hydrogens is 236 g/mol. The first-order valence-corrected chi connectivity index (χ1v) is 5.75. The zero-order valence-electron chi connectivity index (χ0n) is 10.9. The molecule has 0 N–H and O–H groups in total. The van der Waals surface area contributed by atoms with Crippen LogP contribution in [0.15, 0.2) is 18.2 Å². The number of methoxy groups -OCH3 is 1. The van der Waals surface area contributed by atoms with Crippen LogP contribution in [0.4, 0.5) is 0 Å². The fourth-order valence-corrected chi connectivity index (χ4v) is 1.39. The molecule has 100 valence electrons. The van der Waals surface area contributed by atoms with Crippen molar-refractivity contribution in [3.05, 3.63) is 29.3 Å². The van der Waals surface area contributed by atoms with Crippen LogP contribution in [0.3, 0.4) is 0 Å². The number of hydrogen-bond donors (Lipinski definition) is 0. The van der Waals surface area contributed by atoms with E-state index in [1.807, 2.05) is 13.0 Å². The van der Waals surface area contributed by atoms with Crippen LogP contribution in [0.5, 0.6) is 5.75 Å². The third-order valence-corrected chi connectivity index (χ3v) is 2.22. The van der Waals surface area contributed by atoms with Crippen LogP contribution in [-0.4, -0.2) is 32.9 Å². The van der Waals surface area contributed by atoms with E-state index in [-0.39, 0.29) is 0 Å². The Morgan fingerprint density at radius 2 is 2.06 bits per heavy atom. The maximum Gasteiger partial charge on any atom is 0.376 e. The molecule has 0 unspecified atom stereocenters. The Kier molecular flexibility index (Phi) is 6.18. The van der Waals surface area contributed by atoms with Crippen LogP contribution in [0.25, 0.3) is 0 Å². The Hall–Kier alpha value is -1.59. The predicted octanol–water partition coefficient (Wildman–Crippen LogP) is 2.13. The minimum atomic E-state index is -0.562. The molecule has 0 saturated heterocycles. The molecule has 1 aromatic rings. The molecule has 0 spiro atoms. The Morgan fingerprint density at radius 1 is 1.28 bits per heavy atom.